The molecule has 2 rings (SSSR count). The van der Waals surface area contributed by atoms with Gasteiger partial charge in [-0.05, 0) is 32.8 Å². The fourth-order valence-corrected chi connectivity index (χ4v) is 4.00. The van der Waals surface area contributed by atoms with E-state index in [-0.39, 0.29) is 30.6 Å². The Kier molecular flexibility index (Phi) is 6.98. The predicted molar refractivity (Wildman–Crippen MR) is 99.4 cm³/mol. The molecule has 140 valence electrons. The molecule has 1 amide bonds. The summed E-state index contributed by atoms with van der Waals surface area (Å²) in [5.41, 5.74) is 0.438. The van der Waals surface area contributed by atoms with Crippen molar-refractivity contribution >= 4 is 28.2 Å². The molecule has 1 aromatic heterocycles. The number of nitrogens with one attached hydrogen (secondary N) is 1. The Morgan fingerprint density at radius 2 is 2.00 bits per heavy atom. The van der Waals surface area contributed by atoms with E-state index in [4.69, 9.17) is 9.47 Å². The fourth-order valence-electron chi connectivity index (χ4n) is 2.93. The summed E-state index contributed by atoms with van der Waals surface area (Å²) in [6.07, 6.45) is 0.224. The lowest BCUT2D eigenvalue weighted by Crippen LogP contribution is -2.48. The van der Waals surface area contributed by atoms with Gasteiger partial charge in [0.25, 0.3) is 0 Å². The van der Waals surface area contributed by atoms with Crippen molar-refractivity contribution in [2.24, 2.45) is 0 Å². The third kappa shape index (κ3) is 5.52. The first-order valence-corrected chi connectivity index (χ1v) is 9.60. The highest BCUT2D eigenvalue weighted by molar-refractivity contribution is 7.16. The van der Waals surface area contributed by atoms with Gasteiger partial charge in [-0.1, -0.05) is 13.8 Å². The smallest absolute Gasteiger partial charge is 0.341 e. The van der Waals surface area contributed by atoms with Crippen LogP contribution in [-0.4, -0.2) is 55.2 Å². The van der Waals surface area contributed by atoms with Crippen molar-refractivity contribution in [2.75, 3.05) is 31.6 Å². The lowest BCUT2D eigenvalue weighted by molar-refractivity contribution is -0.121. The Morgan fingerprint density at radius 3 is 2.56 bits per heavy atom. The SMILES string of the molecule is CCOC(=O)c1cc(C(C)C)sc1NC(=O)CN1C[C@@H](C)O[C@H](C)C1. The van der Waals surface area contributed by atoms with Crippen LogP contribution in [-0.2, 0) is 14.3 Å². The van der Waals surface area contributed by atoms with Gasteiger partial charge < -0.3 is 14.8 Å². The number of carbonyl (C=O) groups is 2. The van der Waals surface area contributed by atoms with Crippen LogP contribution in [0.5, 0.6) is 0 Å². The number of ether oxygens (including phenoxy) is 2. The molecule has 0 bridgehead atoms. The van der Waals surface area contributed by atoms with Gasteiger partial charge in [-0.25, -0.2) is 4.79 Å². The molecule has 1 aliphatic rings. The molecule has 6 nitrogen and oxygen atoms in total. The zero-order valence-corrected chi connectivity index (χ0v) is 16.4. The zero-order chi connectivity index (χ0) is 18.6. The second-order valence-corrected chi connectivity index (χ2v) is 7.85. The maximum Gasteiger partial charge on any atom is 0.341 e. The number of nitrogens with zero attached hydrogens (tertiary/aromatic N) is 1. The maximum atomic E-state index is 12.5. The first-order chi connectivity index (χ1) is 11.8. The minimum atomic E-state index is -0.394. The molecule has 1 fully saturated rings. The topological polar surface area (TPSA) is 67.9 Å². The number of hydrogen-bond donors (Lipinski definition) is 1. The molecule has 0 aromatic carbocycles. The van der Waals surface area contributed by atoms with Crippen molar-refractivity contribution < 1.29 is 19.1 Å². The number of thiophene rings is 1. The highest BCUT2D eigenvalue weighted by Gasteiger charge is 2.25. The van der Waals surface area contributed by atoms with E-state index in [9.17, 15) is 9.59 Å². The lowest BCUT2D eigenvalue weighted by Gasteiger charge is -2.34. The number of hydrogen-bond acceptors (Lipinski definition) is 6. The van der Waals surface area contributed by atoms with Gasteiger partial charge in [-0.2, -0.15) is 0 Å². The molecule has 0 saturated carbocycles. The molecular weight excluding hydrogens is 340 g/mol. The van der Waals surface area contributed by atoms with Crippen LogP contribution in [0.1, 0.15) is 55.8 Å². The molecule has 2 heterocycles. The van der Waals surface area contributed by atoms with E-state index < -0.39 is 5.97 Å². The molecule has 0 spiro atoms. The summed E-state index contributed by atoms with van der Waals surface area (Å²) >= 11 is 1.44. The molecule has 1 saturated heterocycles. The van der Waals surface area contributed by atoms with Crippen molar-refractivity contribution in [1.29, 1.82) is 0 Å². The third-order valence-corrected chi connectivity index (χ3v) is 5.28. The predicted octanol–water partition coefficient (Wildman–Crippen LogP) is 3.10. The zero-order valence-electron chi connectivity index (χ0n) is 15.6. The average molecular weight is 368 g/mol. The van der Waals surface area contributed by atoms with Gasteiger partial charge in [0.05, 0.1) is 30.9 Å². The molecule has 1 aromatic rings. The van der Waals surface area contributed by atoms with Crippen LogP contribution >= 0.6 is 11.3 Å². The lowest BCUT2D eigenvalue weighted by atomic mass is 10.1. The Morgan fingerprint density at radius 1 is 1.36 bits per heavy atom. The summed E-state index contributed by atoms with van der Waals surface area (Å²) in [7, 11) is 0. The number of esters is 1. The summed E-state index contributed by atoms with van der Waals surface area (Å²) in [5, 5.41) is 3.47. The number of rotatable bonds is 6. The second kappa shape index (κ2) is 8.78. The third-order valence-electron chi connectivity index (χ3n) is 3.93. The number of anilines is 1. The molecule has 1 aliphatic heterocycles. The van der Waals surface area contributed by atoms with Crippen LogP contribution in [0.2, 0.25) is 0 Å². The summed E-state index contributed by atoms with van der Waals surface area (Å²) in [4.78, 5) is 27.8. The standard InChI is InChI=1S/C18H28N2O4S/c1-6-23-18(22)14-7-15(11(2)3)25-17(14)19-16(21)10-20-8-12(4)24-13(5)9-20/h7,11-13H,6,8-10H2,1-5H3,(H,19,21)/t12-,13-/m1/s1. The number of carbonyl (C=O) groups excluding carboxylic acids is 2. The van der Waals surface area contributed by atoms with Crippen molar-refractivity contribution in [3.8, 4) is 0 Å². The van der Waals surface area contributed by atoms with Crippen LogP contribution in [0, 0.1) is 0 Å². The first-order valence-electron chi connectivity index (χ1n) is 8.78. The molecule has 7 heteroatoms. The van der Waals surface area contributed by atoms with E-state index in [1.165, 1.54) is 11.3 Å². The normalized spacial score (nSPS) is 21.4. The van der Waals surface area contributed by atoms with E-state index in [0.29, 0.717) is 17.2 Å². The van der Waals surface area contributed by atoms with Crippen molar-refractivity contribution in [3.63, 3.8) is 0 Å². The summed E-state index contributed by atoms with van der Waals surface area (Å²) in [6, 6.07) is 1.82. The highest BCUT2D eigenvalue weighted by atomic mass is 32.1. The minimum Gasteiger partial charge on any atom is -0.462 e. The maximum absolute atomic E-state index is 12.5. The molecule has 0 radical (unpaired) electrons. The van der Waals surface area contributed by atoms with Gasteiger partial charge in [-0.15, -0.1) is 11.3 Å². The first kappa shape index (κ1) is 19.9. The van der Waals surface area contributed by atoms with E-state index >= 15 is 0 Å². The van der Waals surface area contributed by atoms with E-state index in [1.807, 2.05) is 19.9 Å². The number of amides is 1. The second-order valence-electron chi connectivity index (χ2n) is 6.77. The molecule has 1 N–H and O–H groups in total. The molecule has 2 atom stereocenters. The van der Waals surface area contributed by atoms with E-state index in [0.717, 1.165) is 18.0 Å². The van der Waals surface area contributed by atoms with Gasteiger partial charge in [-0.3, -0.25) is 9.69 Å². The number of morpholine rings is 1. The Balaban J connectivity index is 2.07. The van der Waals surface area contributed by atoms with Crippen LogP contribution in [0.25, 0.3) is 0 Å². The molecular formula is C18H28N2O4S. The van der Waals surface area contributed by atoms with Crippen molar-refractivity contribution in [3.05, 3.63) is 16.5 Å². The van der Waals surface area contributed by atoms with Crippen LogP contribution in [0.3, 0.4) is 0 Å². The largest absolute Gasteiger partial charge is 0.462 e. The van der Waals surface area contributed by atoms with Gasteiger partial charge in [0.15, 0.2) is 0 Å². The summed E-state index contributed by atoms with van der Waals surface area (Å²) in [5.74, 6) is -0.233. The molecule has 25 heavy (non-hydrogen) atoms. The van der Waals surface area contributed by atoms with E-state index in [1.54, 1.807) is 6.92 Å². The van der Waals surface area contributed by atoms with Gasteiger partial charge in [0, 0.05) is 18.0 Å². The van der Waals surface area contributed by atoms with Crippen LogP contribution < -0.4 is 5.32 Å². The monoisotopic (exact) mass is 368 g/mol. The average Bonchev–Trinajstić information content (AvgIpc) is 2.90. The Labute approximate surface area is 153 Å². The van der Waals surface area contributed by atoms with E-state index in [2.05, 4.69) is 24.1 Å². The molecule has 0 unspecified atom stereocenters. The van der Waals surface area contributed by atoms with Gasteiger partial charge in [0.2, 0.25) is 5.91 Å². The van der Waals surface area contributed by atoms with Crippen molar-refractivity contribution in [1.82, 2.24) is 4.90 Å². The fraction of sp³-hybridized carbons (Fsp3) is 0.667. The van der Waals surface area contributed by atoms with Crippen molar-refractivity contribution in [2.45, 2.75) is 52.7 Å². The summed E-state index contributed by atoms with van der Waals surface area (Å²) in [6.45, 7) is 12.0. The van der Waals surface area contributed by atoms with Crippen LogP contribution in [0.4, 0.5) is 5.00 Å². The Hall–Kier alpha value is -1.44. The van der Waals surface area contributed by atoms with Crippen LogP contribution in [0.15, 0.2) is 6.07 Å². The minimum absolute atomic E-state index is 0.112. The quantitative estimate of drug-likeness (QED) is 0.782. The Bertz CT molecular complexity index is 604. The highest BCUT2D eigenvalue weighted by Crippen LogP contribution is 2.33. The van der Waals surface area contributed by atoms with Gasteiger partial charge in [0.1, 0.15) is 5.00 Å². The van der Waals surface area contributed by atoms with Gasteiger partial charge >= 0.3 is 5.97 Å². The summed E-state index contributed by atoms with van der Waals surface area (Å²) < 4.78 is 10.8. The molecule has 0 aliphatic carbocycles.